The van der Waals surface area contributed by atoms with Crippen LogP contribution in [0.3, 0.4) is 0 Å². The van der Waals surface area contributed by atoms with Crippen molar-refractivity contribution >= 4 is 0 Å². The lowest BCUT2D eigenvalue weighted by Gasteiger charge is -2.38. The van der Waals surface area contributed by atoms with Crippen molar-refractivity contribution in [3.8, 4) is 0 Å². The summed E-state index contributed by atoms with van der Waals surface area (Å²) in [6.45, 7) is 8.71. The van der Waals surface area contributed by atoms with Gasteiger partial charge in [0.25, 0.3) is 0 Å². The Kier molecular flexibility index (Phi) is 3.92. The maximum Gasteiger partial charge on any atom is 0.0619 e. The Bertz CT molecular complexity index is 264. The van der Waals surface area contributed by atoms with Crippen LogP contribution in [0.5, 0.6) is 0 Å². The molecular weight excluding hydrogens is 224 g/mol. The van der Waals surface area contributed by atoms with Crippen molar-refractivity contribution < 1.29 is 4.74 Å². The molecule has 2 saturated carbocycles. The van der Waals surface area contributed by atoms with E-state index in [2.05, 4.69) is 24.1 Å². The minimum Gasteiger partial charge on any atom is -0.379 e. The first kappa shape index (κ1) is 12.9. The molecule has 0 aromatic carbocycles. The number of morpholine rings is 1. The van der Waals surface area contributed by atoms with Gasteiger partial charge in [-0.1, -0.05) is 0 Å². The van der Waals surface area contributed by atoms with E-state index in [1.807, 2.05) is 0 Å². The summed E-state index contributed by atoms with van der Waals surface area (Å²) in [5.41, 5.74) is 0. The molecule has 0 aromatic rings. The van der Waals surface area contributed by atoms with Gasteiger partial charge in [-0.25, -0.2) is 0 Å². The van der Waals surface area contributed by atoms with Crippen LogP contribution in [0.25, 0.3) is 0 Å². The van der Waals surface area contributed by atoms with Crippen LogP contribution in [0.2, 0.25) is 0 Å². The van der Waals surface area contributed by atoms with Crippen LogP contribution >= 0.6 is 0 Å². The first-order valence-corrected chi connectivity index (χ1v) is 7.82. The van der Waals surface area contributed by atoms with Crippen molar-refractivity contribution in [2.24, 2.45) is 11.8 Å². The SMILES string of the molecule is C[C@H](CNC(C1CC1)C1CC1)N1CCOC[C@@H]1C. The Hall–Kier alpha value is -0.120. The average molecular weight is 252 g/mol. The number of hydrogen-bond donors (Lipinski definition) is 1. The molecule has 0 amide bonds. The van der Waals surface area contributed by atoms with E-state index in [1.54, 1.807) is 0 Å². The highest BCUT2D eigenvalue weighted by Gasteiger charge is 2.41. The third-order valence-corrected chi connectivity index (χ3v) is 4.89. The van der Waals surface area contributed by atoms with Crippen molar-refractivity contribution in [2.75, 3.05) is 26.3 Å². The summed E-state index contributed by atoms with van der Waals surface area (Å²) in [5.74, 6) is 2.01. The number of ether oxygens (including phenoxy) is 1. The number of nitrogens with one attached hydrogen (secondary N) is 1. The highest BCUT2D eigenvalue weighted by atomic mass is 16.5. The van der Waals surface area contributed by atoms with E-state index in [1.165, 1.54) is 25.7 Å². The van der Waals surface area contributed by atoms with Crippen LogP contribution in [0.4, 0.5) is 0 Å². The number of hydrogen-bond acceptors (Lipinski definition) is 3. The topological polar surface area (TPSA) is 24.5 Å². The zero-order chi connectivity index (χ0) is 12.5. The molecule has 3 nitrogen and oxygen atoms in total. The van der Waals surface area contributed by atoms with Crippen LogP contribution in [-0.4, -0.2) is 49.3 Å². The second-order valence-electron chi connectivity index (χ2n) is 6.62. The third-order valence-electron chi connectivity index (χ3n) is 4.89. The molecule has 2 atom stereocenters. The fourth-order valence-corrected chi connectivity index (χ4v) is 3.45. The zero-order valence-electron chi connectivity index (χ0n) is 11.9. The predicted octanol–water partition coefficient (Wildman–Crippen LogP) is 1.87. The molecule has 3 aliphatic rings. The molecule has 0 radical (unpaired) electrons. The summed E-state index contributed by atoms with van der Waals surface area (Å²) in [5, 5.41) is 3.88. The molecule has 3 fully saturated rings. The van der Waals surface area contributed by atoms with Crippen molar-refractivity contribution in [2.45, 2.75) is 57.7 Å². The van der Waals surface area contributed by atoms with E-state index >= 15 is 0 Å². The van der Waals surface area contributed by atoms with E-state index in [0.29, 0.717) is 12.1 Å². The molecule has 2 aliphatic carbocycles. The van der Waals surface area contributed by atoms with Gasteiger partial charge < -0.3 is 10.1 Å². The maximum absolute atomic E-state index is 5.52. The quantitative estimate of drug-likeness (QED) is 0.781. The van der Waals surface area contributed by atoms with Gasteiger partial charge in [0.05, 0.1) is 13.2 Å². The van der Waals surface area contributed by atoms with E-state index < -0.39 is 0 Å². The summed E-state index contributed by atoms with van der Waals surface area (Å²) in [6, 6.07) is 2.06. The normalized spacial score (nSPS) is 31.8. The molecule has 0 aromatic heterocycles. The molecule has 1 N–H and O–H groups in total. The third kappa shape index (κ3) is 3.06. The fourth-order valence-electron chi connectivity index (χ4n) is 3.45. The van der Waals surface area contributed by atoms with Crippen LogP contribution in [-0.2, 0) is 4.74 Å². The summed E-state index contributed by atoms with van der Waals surface area (Å²) in [7, 11) is 0. The Labute approximate surface area is 111 Å². The molecule has 0 bridgehead atoms. The summed E-state index contributed by atoms with van der Waals surface area (Å²) in [6.07, 6.45) is 5.88. The van der Waals surface area contributed by atoms with Gasteiger partial charge in [0, 0.05) is 31.2 Å². The van der Waals surface area contributed by atoms with Crippen LogP contribution < -0.4 is 5.32 Å². The molecule has 104 valence electrons. The lowest BCUT2D eigenvalue weighted by atomic mass is 10.1. The summed E-state index contributed by atoms with van der Waals surface area (Å²) >= 11 is 0. The van der Waals surface area contributed by atoms with Crippen molar-refractivity contribution in [3.05, 3.63) is 0 Å². The monoisotopic (exact) mass is 252 g/mol. The summed E-state index contributed by atoms with van der Waals surface area (Å²) in [4.78, 5) is 2.60. The Morgan fingerprint density at radius 1 is 1.22 bits per heavy atom. The van der Waals surface area contributed by atoms with E-state index in [9.17, 15) is 0 Å². The average Bonchev–Trinajstić information content (AvgIpc) is 3.24. The molecule has 1 heterocycles. The molecular formula is C15H28N2O. The van der Waals surface area contributed by atoms with E-state index in [-0.39, 0.29) is 0 Å². The molecule has 3 rings (SSSR count). The second-order valence-corrected chi connectivity index (χ2v) is 6.62. The van der Waals surface area contributed by atoms with Crippen molar-refractivity contribution in [1.29, 1.82) is 0 Å². The smallest absolute Gasteiger partial charge is 0.0619 e. The van der Waals surface area contributed by atoms with Gasteiger partial charge in [0.15, 0.2) is 0 Å². The van der Waals surface area contributed by atoms with E-state index in [4.69, 9.17) is 4.74 Å². The van der Waals surface area contributed by atoms with Crippen LogP contribution in [0.15, 0.2) is 0 Å². The number of nitrogens with zero attached hydrogens (tertiary/aromatic N) is 1. The number of rotatable bonds is 6. The minimum atomic E-state index is 0.579. The molecule has 1 saturated heterocycles. The molecule has 3 heteroatoms. The van der Waals surface area contributed by atoms with Gasteiger partial charge in [0.1, 0.15) is 0 Å². The molecule has 0 unspecified atom stereocenters. The van der Waals surface area contributed by atoms with Crippen LogP contribution in [0.1, 0.15) is 39.5 Å². The molecule has 0 spiro atoms. The Morgan fingerprint density at radius 3 is 2.44 bits per heavy atom. The van der Waals surface area contributed by atoms with Gasteiger partial charge in [-0.05, 0) is 51.4 Å². The highest BCUT2D eigenvalue weighted by Crippen LogP contribution is 2.44. The van der Waals surface area contributed by atoms with Gasteiger partial charge >= 0.3 is 0 Å². The lowest BCUT2D eigenvalue weighted by Crippen LogP contribution is -2.52. The fraction of sp³-hybridized carbons (Fsp3) is 1.00. The summed E-state index contributed by atoms with van der Waals surface area (Å²) < 4.78 is 5.52. The largest absolute Gasteiger partial charge is 0.379 e. The van der Waals surface area contributed by atoms with Gasteiger partial charge in [-0.3, -0.25) is 4.90 Å². The zero-order valence-corrected chi connectivity index (χ0v) is 11.9. The molecule has 1 aliphatic heterocycles. The highest BCUT2D eigenvalue weighted by molar-refractivity contribution is 4.96. The lowest BCUT2D eigenvalue weighted by molar-refractivity contribution is -0.0187. The first-order valence-electron chi connectivity index (χ1n) is 7.82. The first-order chi connectivity index (χ1) is 8.75. The maximum atomic E-state index is 5.52. The standard InChI is InChI=1S/C15H28N2O/c1-11(17-7-8-18-10-12(17)2)9-16-15(13-3-4-13)14-5-6-14/h11-16H,3-10H2,1-2H3/t11-,12+/m1/s1. The molecule has 18 heavy (non-hydrogen) atoms. The van der Waals surface area contributed by atoms with Crippen molar-refractivity contribution in [3.63, 3.8) is 0 Å². The van der Waals surface area contributed by atoms with Gasteiger partial charge in [-0.2, -0.15) is 0 Å². The van der Waals surface area contributed by atoms with Crippen LogP contribution in [0, 0.1) is 11.8 Å². The van der Waals surface area contributed by atoms with Gasteiger partial charge in [-0.15, -0.1) is 0 Å². The van der Waals surface area contributed by atoms with E-state index in [0.717, 1.165) is 44.2 Å². The second kappa shape index (κ2) is 5.48. The predicted molar refractivity (Wildman–Crippen MR) is 73.7 cm³/mol. The Balaban J connectivity index is 1.46. The Morgan fingerprint density at radius 2 is 1.89 bits per heavy atom. The minimum absolute atomic E-state index is 0.579. The van der Waals surface area contributed by atoms with Crippen molar-refractivity contribution in [1.82, 2.24) is 10.2 Å². The van der Waals surface area contributed by atoms with Gasteiger partial charge in [0.2, 0.25) is 0 Å².